The largest absolute Gasteiger partial charge is 0.391 e. The van der Waals surface area contributed by atoms with E-state index in [1.165, 1.54) is 0 Å². The van der Waals surface area contributed by atoms with E-state index in [2.05, 4.69) is 25.5 Å². The minimum Gasteiger partial charge on any atom is -0.391 e. The molecule has 0 saturated heterocycles. The summed E-state index contributed by atoms with van der Waals surface area (Å²) in [6.07, 6.45) is 10.1. The predicted molar refractivity (Wildman–Crippen MR) is 87.5 cm³/mol. The summed E-state index contributed by atoms with van der Waals surface area (Å²) in [4.78, 5) is 8.72. The maximum atomic E-state index is 10.3. The molecular formula is C16H19N7O. The zero-order valence-electron chi connectivity index (χ0n) is 13.1. The molecule has 124 valence electrons. The number of nitrogens with zero attached hydrogens (tertiary/aromatic N) is 6. The molecule has 0 aromatic carbocycles. The lowest BCUT2D eigenvalue weighted by atomic mass is 10.1. The van der Waals surface area contributed by atoms with Crippen LogP contribution in [0.25, 0.3) is 5.82 Å². The highest BCUT2D eigenvalue weighted by Crippen LogP contribution is 2.29. The standard InChI is InChI=1S/C16H19N7O/c24-14-10-12(11-22-7-1-4-18-22)9-13(14)20-16-17-6-3-15(21-16)23-8-2-5-19-23/h1-8,12-14,24H,9-11H2,(H,17,20,21)/t12?,13-,14-/m1/s1. The van der Waals surface area contributed by atoms with Crippen molar-refractivity contribution in [3.05, 3.63) is 49.2 Å². The van der Waals surface area contributed by atoms with Crippen molar-refractivity contribution in [3.8, 4) is 5.82 Å². The van der Waals surface area contributed by atoms with Gasteiger partial charge in [-0.05, 0) is 30.9 Å². The van der Waals surface area contributed by atoms with E-state index < -0.39 is 6.10 Å². The summed E-state index contributed by atoms with van der Waals surface area (Å²) >= 11 is 0. The van der Waals surface area contributed by atoms with E-state index in [4.69, 9.17) is 0 Å². The maximum absolute atomic E-state index is 10.3. The van der Waals surface area contributed by atoms with Gasteiger partial charge in [0.2, 0.25) is 5.95 Å². The van der Waals surface area contributed by atoms with Crippen LogP contribution in [0.5, 0.6) is 0 Å². The van der Waals surface area contributed by atoms with E-state index >= 15 is 0 Å². The van der Waals surface area contributed by atoms with E-state index in [1.807, 2.05) is 29.2 Å². The summed E-state index contributed by atoms with van der Waals surface area (Å²) in [5.74, 6) is 1.58. The number of anilines is 1. The van der Waals surface area contributed by atoms with Crippen LogP contribution in [0.2, 0.25) is 0 Å². The first kappa shape index (κ1) is 14.8. The second-order valence-corrected chi connectivity index (χ2v) is 6.07. The van der Waals surface area contributed by atoms with Crippen molar-refractivity contribution in [2.75, 3.05) is 5.32 Å². The van der Waals surface area contributed by atoms with Crippen LogP contribution < -0.4 is 5.32 Å². The molecule has 8 heteroatoms. The quantitative estimate of drug-likeness (QED) is 0.730. The molecular weight excluding hydrogens is 306 g/mol. The first-order chi connectivity index (χ1) is 11.8. The molecule has 4 rings (SSSR count). The van der Waals surface area contributed by atoms with Gasteiger partial charge in [0, 0.05) is 43.6 Å². The van der Waals surface area contributed by atoms with Gasteiger partial charge >= 0.3 is 0 Å². The minimum absolute atomic E-state index is 0.0570. The van der Waals surface area contributed by atoms with Gasteiger partial charge in [-0.3, -0.25) is 4.68 Å². The van der Waals surface area contributed by atoms with Crippen molar-refractivity contribution in [2.24, 2.45) is 5.92 Å². The first-order valence-corrected chi connectivity index (χ1v) is 8.03. The molecule has 3 aromatic heterocycles. The molecule has 2 N–H and O–H groups in total. The molecule has 0 spiro atoms. The number of aliphatic hydroxyl groups excluding tert-OH is 1. The molecule has 1 fully saturated rings. The lowest BCUT2D eigenvalue weighted by Gasteiger charge is -2.16. The van der Waals surface area contributed by atoms with Crippen LogP contribution in [0.3, 0.4) is 0 Å². The van der Waals surface area contributed by atoms with Gasteiger partial charge in [-0.2, -0.15) is 15.2 Å². The molecule has 3 heterocycles. The molecule has 1 aliphatic carbocycles. The molecule has 8 nitrogen and oxygen atoms in total. The highest BCUT2D eigenvalue weighted by atomic mass is 16.3. The Labute approximate surface area is 139 Å². The second-order valence-electron chi connectivity index (χ2n) is 6.07. The number of aliphatic hydroxyl groups is 1. The maximum Gasteiger partial charge on any atom is 0.224 e. The summed E-state index contributed by atoms with van der Waals surface area (Å²) < 4.78 is 3.59. The lowest BCUT2D eigenvalue weighted by Crippen LogP contribution is -2.29. The van der Waals surface area contributed by atoms with E-state index in [0.29, 0.717) is 17.7 Å². The summed E-state index contributed by atoms with van der Waals surface area (Å²) in [6.45, 7) is 0.816. The van der Waals surface area contributed by atoms with Gasteiger partial charge in [-0.15, -0.1) is 0 Å². The Hall–Kier alpha value is -2.74. The van der Waals surface area contributed by atoms with E-state index in [1.54, 1.807) is 29.3 Å². The highest BCUT2D eigenvalue weighted by Gasteiger charge is 2.33. The van der Waals surface area contributed by atoms with Crippen molar-refractivity contribution in [1.82, 2.24) is 29.5 Å². The van der Waals surface area contributed by atoms with E-state index in [-0.39, 0.29) is 6.04 Å². The van der Waals surface area contributed by atoms with Crippen LogP contribution in [0.1, 0.15) is 12.8 Å². The third-order valence-electron chi connectivity index (χ3n) is 4.33. The zero-order valence-corrected chi connectivity index (χ0v) is 13.1. The molecule has 1 unspecified atom stereocenters. The fourth-order valence-electron chi connectivity index (χ4n) is 3.21. The summed E-state index contributed by atoms with van der Waals surface area (Å²) in [7, 11) is 0. The average molecular weight is 325 g/mol. The highest BCUT2D eigenvalue weighted by molar-refractivity contribution is 5.33. The molecule has 0 aliphatic heterocycles. The first-order valence-electron chi connectivity index (χ1n) is 8.03. The Morgan fingerprint density at radius 1 is 1.12 bits per heavy atom. The molecule has 1 aliphatic rings. The normalized spacial score (nSPS) is 23.5. The molecule has 0 radical (unpaired) electrons. The molecule has 3 atom stereocenters. The monoisotopic (exact) mass is 325 g/mol. The van der Waals surface area contributed by atoms with Crippen LogP contribution in [-0.2, 0) is 6.54 Å². The number of hydrogen-bond acceptors (Lipinski definition) is 6. The summed E-state index contributed by atoms with van der Waals surface area (Å²) in [5.41, 5.74) is 0. The minimum atomic E-state index is -0.414. The third kappa shape index (κ3) is 3.13. The van der Waals surface area contributed by atoms with Gasteiger partial charge in [0.05, 0.1) is 12.1 Å². The van der Waals surface area contributed by atoms with Crippen LogP contribution in [0, 0.1) is 5.92 Å². The Morgan fingerprint density at radius 2 is 2.00 bits per heavy atom. The molecule has 3 aromatic rings. The second kappa shape index (κ2) is 6.40. The van der Waals surface area contributed by atoms with Crippen molar-refractivity contribution < 1.29 is 5.11 Å². The topological polar surface area (TPSA) is 93.7 Å². The Balaban J connectivity index is 1.42. The molecule has 0 bridgehead atoms. The fourth-order valence-corrected chi connectivity index (χ4v) is 3.21. The van der Waals surface area contributed by atoms with E-state index in [0.717, 1.165) is 19.4 Å². The van der Waals surface area contributed by atoms with Crippen molar-refractivity contribution >= 4 is 5.95 Å². The van der Waals surface area contributed by atoms with Gasteiger partial charge in [-0.25, -0.2) is 9.67 Å². The zero-order chi connectivity index (χ0) is 16.4. The van der Waals surface area contributed by atoms with Crippen molar-refractivity contribution in [2.45, 2.75) is 31.5 Å². The fraction of sp³-hybridized carbons (Fsp3) is 0.375. The smallest absolute Gasteiger partial charge is 0.224 e. The van der Waals surface area contributed by atoms with Crippen LogP contribution in [-0.4, -0.2) is 46.8 Å². The Kier molecular flexibility index (Phi) is 3.96. The SMILES string of the molecule is O[C@@H]1CC(Cn2cccn2)C[C@H]1Nc1nccc(-n2cccn2)n1. The van der Waals surface area contributed by atoms with Gasteiger partial charge < -0.3 is 10.4 Å². The summed E-state index contributed by atoms with van der Waals surface area (Å²) in [6, 6.07) is 5.49. The van der Waals surface area contributed by atoms with Crippen LogP contribution in [0.15, 0.2) is 49.2 Å². The Bertz CT molecular complexity index is 772. The van der Waals surface area contributed by atoms with Gasteiger partial charge in [0.25, 0.3) is 0 Å². The van der Waals surface area contributed by atoms with Gasteiger partial charge in [0.1, 0.15) is 0 Å². The van der Waals surface area contributed by atoms with Crippen LogP contribution >= 0.6 is 0 Å². The molecule has 1 saturated carbocycles. The predicted octanol–water partition coefficient (Wildman–Crippen LogP) is 1.11. The van der Waals surface area contributed by atoms with Gasteiger partial charge in [-0.1, -0.05) is 0 Å². The number of nitrogens with one attached hydrogen (secondary N) is 1. The number of hydrogen-bond donors (Lipinski definition) is 2. The molecule has 24 heavy (non-hydrogen) atoms. The van der Waals surface area contributed by atoms with E-state index in [9.17, 15) is 5.11 Å². The van der Waals surface area contributed by atoms with Crippen molar-refractivity contribution in [1.29, 1.82) is 0 Å². The third-order valence-corrected chi connectivity index (χ3v) is 4.33. The van der Waals surface area contributed by atoms with Gasteiger partial charge in [0.15, 0.2) is 5.82 Å². The Morgan fingerprint density at radius 3 is 2.79 bits per heavy atom. The number of aromatic nitrogens is 6. The van der Waals surface area contributed by atoms with Crippen molar-refractivity contribution in [3.63, 3.8) is 0 Å². The van der Waals surface area contributed by atoms with Crippen LogP contribution in [0.4, 0.5) is 5.95 Å². The number of rotatable bonds is 5. The summed E-state index contributed by atoms with van der Waals surface area (Å²) in [5, 5.41) is 22.0. The molecule has 0 amide bonds. The average Bonchev–Trinajstić information content (AvgIpc) is 3.32. The lowest BCUT2D eigenvalue weighted by molar-refractivity contribution is 0.165.